The van der Waals surface area contributed by atoms with Crippen molar-refractivity contribution in [1.29, 1.82) is 0 Å². The first-order valence-corrected chi connectivity index (χ1v) is 7.90. The van der Waals surface area contributed by atoms with Gasteiger partial charge in [0, 0.05) is 12.6 Å². The van der Waals surface area contributed by atoms with E-state index in [1.807, 2.05) is 6.07 Å². The summed E-state index contributed by atoms with van der Waals surface area (Å²) in [6, 6.07) is 11.1. The van der Waals surface area contributed by atoms with Crippen molar-refractivity contribution in [3.8, 4) is 0 Å². The number of hydrogen-bond acceptors (Lipinski definition) is 3. The van der Waals surface area contributed by atoms with Gasteiger partial charge in [-0.1, -0.05) is 30.3 Å². The maximum Gasteiger partial charge on any atom is 0.0961 e. The Morgan fingerprint density at radius 3 is 3.00 bits per heavy atom. The van der Waals surface area contributed by atoms with Gasteiger partial charge in [-0.05, 0) is 44.2 Å². The highest BCUT2D eigenvalue weighted by Crippen LogP contribution is 2.24. The van der Waals surface area contributed by atoms with Crippen LogP contribution in [-0.4, -0.2) is 48.0 Å². The maximum absolute atomic E-state index is 10.3. The molecule has 2 fully saturated rings. The highest BCUT2D eigenvalue weighted by atomic mass is 16.5. The Morgan fingerprint density at radius 2 is 2.15 bits per heavy atom. The molecular weight excluding hydrogens is 250 g/mol. The molecule has 0 aliphatic carbocycles. The number of fused-ring (bicyclic) bond motifs is 1. The largest absolute Gasteiger partial charge is 0.390 e. The molecule has 0 radical (unpaired) electrons. The average molecular weight is 275 g/mol. The van der Waals surface area contributed by atoms with Gasteiger partial charge in [0.1, 0.15) is 0 Å². The van der Waals surface area contributed by atoms with Crippen molar-refractivity contribution in [1.82, 2.24) is 4.90 Å². The number of ether oxygens (including phenoxy) is 1. The topological polar surface area (TPSA) is 32.7 Å². The number of rotatable bonds is 5. The van der Waals surface area contributed by atoms with Gasteiger partial charge < -0.3 is 9.84 Å². The predicted octanol–water partition coefficient (Wildman–Crippen LogP) is 2.23. The number of aliphatic hydroxyl groups excluding tert-OH is 1. The Labute approximate surface area is 121 Å². The second kappa shape index (κ2) is 6.70. The van der Waals surface area contributed by atoms with E-state index >= 15 is 0 Å². The molecule has 2 heterocycles. The van der Waals surface area contributed by atoms with Crippen molar-refractivity contribution >= 4 is 0 Å². The van der Waals surface area contributed by atoms with E-state index < -0.39 is 0 Å². The van der Waals surface area contributed by atoms with Gasteiger partial charge >= 0.3 is 0 Å². The molecule has 3 nitrogen and oxygen atoms in total. The first kappa shape index (κ1) is 14.1. The van der Waals surface area contributed by atoms with Gasteiger partial charge in [0.2, 0.25) is 0 Å². The van der Waals surface area contributed by atoms with Crippen LogP contribution in [0.2, 0.25) is 0 Å². The predicted molar refractivity (Wildman–Crippen MR) is 79.7 cm³/mol. The zero-order valence-corrected chi connectivity index (χ0v) is 12.1. The van der Waals surface area contributed by atoms with Crippen molar-refractivity contribution in [2.24, 2.45) is 0 Å². The molecule has 1 aromatic carbocycles. The van der Waals surface area contributed by atoms with Gasteiger partial charge in [-0.15, -0.1) is 0 Å². The number of nitrogens with zero attached hydrogens (tertiary/aromatic N) is 1. The van der Waals surface area contributed by atoms with Crippen molar-refractivity contribution in [2.75, 3.05) is 19.7 Å². The molecule has 0 saturated carbocycles. The molecule has 2 saturated heterocycles. The average Bonchev–Trinajstić information content (AvgIpc) is 2.95. The molecule has 0 aromatic heterocycles. The lowest BCUT2D eigenvalue weighted by molar-refractivity contribution is -0.104. The van der Waals surface area contributed by atoms with E-state index in [9.17, 15) is 5.11 Å². The molecular formula is C17H25NO2. The maximum atomic E-state index is 10.3. The smallest absolute Gasteiger partial charge is 0.0961 e. The van der Waals surface area contributed by atoms with Crippen LogP contribution in [0.4, 0.5) is 0 Å². The summed E-state index contributed by atoms with van der Waals surface area (Å²) in [6.07, 6.45) is 5.13. The van der Waals surface area contributed by atoms with Crippen LogP contribution in [-0.2, 0) is 11.2 Å². The summed E-state index contributed by atoms with van der Waals surface area (Å²) in [4.78, 5) is 2.49. The molecule has 2 aliphatic heterocycles. The molecule has 3 unspecified atom stereocenters. The fourth-order valence-corrected chi connectivity index (χ4v) is 3.42. The molecule has 3 rings (SSSR count). The Balaban J connectivity index is 1.41. The minimum atomic E-state index is -0.319. The van der Waals surface area contributed by atoms with E-state index in [0.717, 1.165) is 32.4 Å². The molecule has 0 spiro atoms. The third-order valence-electron chi connectivity index (χ3n) is 4.65. The lowest BCUT2D eigenvalue weighted by Crippen LogP contribution is -2.50. The van der Waals surface area contributed by atoms with E-state index in [2.05, 4.69) is 29.2 Å². The van der Waals surface area contributed by atoms with Crippen molar-refractivity contribution in [2.45, 2.75) is 50.4 Å². The van der Waals surface area contributed by atoms with E-state index in [-0.39, 0.29) is 12.2 Å². The first-order chi connectivity index (χ1) is 9.83. The van der Waals surface area contributed by atoms with Crippen molar-refractivity contribution in [3.63, 3.8) is 0 Å². The van der Waals surface area contributed by atoms with Gasteiger partial charge in [0.25, 0.3) is 0 Å². The molecule has 1 aromatic rings. The fraction of sp³-hybridized carbons (Fsp3) is 0.647. The van der Waals surface area contributed by atoms with Crippen LogP contribution in [0.15, 0.2) is 30.3 Å². The Kier molecular flexibility index (Phi) is 4.71. The summed E-state index contributed by atoms with van der Waals surface area (Å²) in [5.74, 6) is 0. The van der Waals surface area contributed by atoms with Gasteiger partial charge in [-0.3, -0.25) is 4.90 Å². The lowest BCUT2D eigenvalue weighted by atomic mass is 10.0. The number of hydrogen-bond donors (Lipinski definition) is 1. The standard InChI is InChI=1S/C17H25NO2/c19-16(10-4-8-14-6-2-1-3-7-14)17-12-18-11-5-9-15(18)13-20-17/h1-3,6-7,15-17,19H,4-5,8-13H2. The summed E-state index contributed by atoms with van der Waals surface area (Å²) < 4.78 is 5.86. The molecule has 0 bridgehead atoms. The van der Waals surface area contributed by atoms with Gasteiger partial charge in [0.05, 0.1) is 18.8 Å². The van der Waals surface area contributed by atoms with E-state index in [1.54, 1.807) is 0 Å². The minimum Gasteiger partial charge on any atom is -0.390 e. The fourth-order valence-electron chi connectivity index (χ4n) is 3.42. The molecule has 20 heavy (non-hydrogen) atoms. The van der Waals surface area contributed by atoms with Crippen LogP contribution in [0.5, 0.6) is 0 Å². The van der Waals surface area contributed by atoms with E-state index in [4.69, 9.17) is 4.74 Å². The third-order valence-corrected chi connectivity index (χ3v) is 4.65. The summed E-state index contributed by atoms with van der Waals surface area (Å²) in [7, 11) is 0. The zero-order chi connectivity index (χ0) is 13.8. The second-order valence-electron chi connectivity index (χ2n) is 6.11. The second-order valence-corrected chi connectivity index (χ2v) is 6.11. The molecule has 3 atom stereocenters. The van der Waals surface area contributed by atoms with Gasteiger partial charge in [0.15, 0.2) is 0 Å². The van der Waals surface area contributed by atoms with Crippen LogP contribution in [0.3, 0.4) is 0 Å². The van der Waals surface area contributed by atoms with Crippen molar-refractivity contribution in [3.05, 3.63) is 35.9 Å². The summed E-state index contributed by atoms with van der Waals surface area (Å²) in [5.41, 5.74) is 1.35. The monoisotopic (exact) mass is 275 g/mol. The third kappa shape index (κ3) is 3.40. The number of benzene rings is 1. The Morgan fingerprint density at radius 1 is 1.30 bits per heavy atom. The summed E-state index contributed by atoms with van der Waals surface area (Å²) >= 11 is 0. The zero-order valence-electron chi connectivity index (χ0n) is 12.1. The normalized spacial score (nSPS) is 28.2. The van der Waals surface area contributed by atoms with Crippen molar-refractivity contribution < 1.29 is 9.84 Å². The highest BCUT2D eigenvalue weighted by molar-refractivity contribution is 5.14. The molecule has 0 amide bonds. The molecule has 1 N–H and O–H groups in total. The van der Waals surface area contributed by atoms with E-state index in [1.165, 1.54) is 24.9 Å². The van der Waals surface area contributed by atoms with Crippen LogP contribution in [0.1, 0.15) is 31.2 Å². The van der Waals surface area contributed by atoms with E-state index in [0.29, 0.717) is 6.04 Å². The molecule has 110 valence electrons. The summed E-state index contributed by atoms with van der Waals surface area (Å²) in [6.45, 7) is 2.90. The molecule has 2 aliphatic rings. The van der Waals surface area contributed by atoms with Crippen LogP contribution in [0, 0.1) is 0 Å². The van der Waals surface area contributed by atoms with Gasteiger partial charge in [-0.2, -0.15) is 0 Å². The van der Waals surface area contributed by atoms with Gasteiger partial charge in [-0.25, -0.2) is 0 Å². The summed E-state index contributed by atoms with van der Waals surface area (Å²) in [5, 5.41) is 10.3. The van der Waals surface area contributed by atoms with Crippen LogP contribution < -0.4 is 0 Å². The SMILES string of the molecule is OC(CCCc1ccccc1)C1CN2CCCC2CO1. The Hall–Kier alpha value is -0.900. The Bertz CT molecular complexity index is 409. The highest BCUT2D eigenvalue weighted by Gasteiger charge is 2.34. The van der Waals surface area contributed by atoms with Crippen LogP contribution >= 0.6 is 0 Å². The number of morpholine rings is 1. The number of aryl methyl sites for hydroxylation is 1. The van der Waals surface area contributed by atoms with Crippen LogP contribution in [0.25, 0.3) is 0 Å². The quantitative estimate of drug-likeness (QED) is 0.894. The lowest BCUT2D eigenvalue weighted by Gasteiger charge is -2.37. The number of aliphatic hydroxyl groups is 1. The minimum absolute atomic E-state index is 0.0140. The first-order valence-electron chi connectivity index (χ1n) is 7.90. The molecule has 3 heteroatoms.